The fraction of sp³-hybridized carbons (Fsp3) is 0.737. The summed E-state index contributed by atoms with van der Waals surface area (Å²) in [6.07, 6.45) is 6.59. The number of ether oxygens (including phenoxy) is 1. The van der Waals surface area contributed by atoms with E-state index in [1.807, 2.05) is 6.92 Å². The van der Waals surface area contributed by atoms with Crippen molar-refractivity contribution in [2.24, 2.45) is 5.41 Å². The number of aromatic nitrogens is 2. The lowest BCUT2D eigenvalue weighted by molar-refractivity contribution is -0.138. The second-order valence-corrected chi connectivity index (χ2v) is 7.59. The minimum atomic E-state index is 0.199. The minimum absolute atomic E-state index is 0.199. The number of anilines is 1. The van der Waals surface area contributed by atoms with Gasteiger partial charge in [-0.1, -0.05) is 0 Å². The van der Waals surface area contributed by atoms with E-state index in [4.69, 9.17) is 4.74 Å². The van der Waals surface area contributed by atoms with Gasteiger partial charge in [0.1, 0.15) is 12.1 Å². The summed E-state index contributed by atoms with van der Waals surface area (Å²) in [5.74, 6) is 1.36. The Labute approximate surface area is 150 Å². The molecule has 6 heteroatoms. The van der Waals surface area contributed by atoms with Crippen molar-refractivity contribution in [1.29, 1.82) is 0 Å². The van der Waals surface area contributed by atoms with Gasteiger partial charge in [-0.15, -0.1) is 0 Å². The van der Waals surface area contributed by atoms with Crippen LogP contribution in [0.5, 0.6) is 0 Å². The smallest absolute Gasteiger partial charge is 0.222 e. The number of carbonyl (C=O) groups is 1. The number of rotatable bonds is 5. The average Bonchev–Trinajstić information content (AvgIpc) is 2.61. The van der Waals surface area contributed by atoms with Gasteiger partial charge in [0.15, 0.2) is 0 Å². The molecule has 2 aliphatic rings. The number of likely N-dealkylation sites (tertiary alicyclic amines) is 1. The molecular formula is C19H30N4O2. The van der Waals surface area contributed by atoms with Crippen LogP contribution in [0.25, 0.3) is 0 Å². The Morgan fingerprint density at radius 3 is 2.88 bits per heavy atom. The molecule has 0 saturated carbocycles. The predicted octanol–water partition coefficient (Wildman–Crippen LogP) is 2.34. The molecule has 138 valence electrons. The summed E-state index contributed by atoms with van der Waals surface area (Å²) in [4.78, 5) is 25.6. The Balaban J connectivity index is 1.73. The van der Waals surface area contributed by atoms with Crippen molar-refractivity contribution in [2.45, 2.75) is 46.0 Å². The van der Waals surface area contributed by atoms with Crippen molar-refractivity contribution in [1.82, 2.24) is 14.9 Å². The predicted molar refractivity (Wildman–Crippen MR) is 97.7 cm³/mol. The third kappa shape index (κ3) is 3.94. The highest BCUT2D eigenvalue weighted by molar-refractivity contribution is 5.77. The summed E-state index contributed by atoms with van der Waals surface area (Å²) >= 11 is 0. The van der Waals surface area contributed by atoms with Gasteiger partial charge >= 0.3 is 0 Å². The highest BCUT2D eigenvalue weighted by Crippen LogP contribution is 2.40. The second-order valence-electron chi connectivity index (χ2n) is 7.59. The van der Waals surface area contributed by atoms with Gasteiger partial charge in [-0.3, -0.25) is 4.79 Å². The number of hydrogen-bond donors (Lipinski definition) is 0. The second kappa shape index (κ2) is 7.68. The van der Waals surface area contributed by atoms with Crippen LogP contribution in [-0.2, 0) is 9.53 Å². The molecule has 2 fully saturated rings. The van der Waals surface area contributed by atoms with Crippen molar-refractivity contribution in [2.75, 3.05) is 44.8 Å². The van der Waals surface area contributed by atoms with Crippen LogP contribution in [0.2, 0.25) is 0 Å². The van der Waals surface area contributed by atoms with E-state index in [9.17, 15) is 4.79 Å². The highest BCUT2D eigenvalue weighted by Gasteiger charge is 2.42. The Hall–Kier alpha value is -1.69. The van der Waals surface area contributed by atoms with Crippen LogP contribution < -0.4 is 4.90 Å². The summed E-state index contributed by atoms with van der Waals surface area (Å²) in [7, 11) is 1.71. The molecule has 1 aromatic heterocycles. The van der Waals surface area contributed by atoms with E-state index in [2.05, 4.69) is 26.7 Å². The maximum Gasteiger partial charge on any atom is 0.222 e. The Bertz CT molecular complexity index is 621. The first-order chi connectivity index (χ1) is 12.0. The van der Waals surface area contributed by atoms with Gasteiger partial charge in [-0.05, 0) is 39.5 Å². The van der Waals surface area contributed by atoms with Crippen LogP contribution in [0, 0.1) is 19.3 Å². The first kappa shape index (κ1) is 18.1. The topological polar surface area (TPSA) is 58.6 Å². The third-order valence-corrected chi connectivity index (χ3v) is 5.80. The molecule has 25 heavy (non-hydrogen) atoms. The molecule has 1 spiro atoms. The number of piperidine rings is 2. The quantitative estimate of drug-likeness (QED) is 0.766. The average molecular weight is 346 g/mol. The maximum atomic E-state index is 12.3. The number of hydrogen-bond acceptors (Lipinski definition) is 5. The normalized spacial score (nSPS) is 24.2. The number of amides is 1. The molecule has 2 saturated heterocycles. The molecule has 0 aliphatic carbocycles. The van der Waals surface area contributed by atoms with E-state index in [1.165, 1.54) is 12.0 Å². The van der Waals surface area contributed by atoms with E-state index in [1.54, 1.807) is 13.4 Å². The van der Waals surface area contributed by atoms with Gasteiger partial charge in [0, 0.05) is 63.0 Å². The summed E-state index contributed by atoms with van der Waals surface area (Å²) < 4.78 is 5.14. The molecule has 0 radical (unpaired) electrons. The Kier molecular flexibility index (Phi) is 5.57. The molecule has 6 nitrogen and oxygen atoms in total. The van der Waals surface area contributed by atoms with Gasteiger partial charge in [0.2, 0.25) is 5.91 Å². The summed E-state index contributed by atoms with van der Waals surface area (Å²) in [5, 5.41) is 0. The van der Waals surface area contributed by atoms with Crippen LogP contribution in [0.15, 0.2) is 6.33 Å². The zero-order chi connectivity index (χ0) is 17.9. The SMILES string of the molecule is COCCCN1CC2(CCCN(c3ncnc(C)c3C)C2)CCC1=O. The molecule has 3 heterocycles. The van der Waals surface area contributed by atoms with E-state index >= 15 is 0 Å². The van der Waals surface area contributed by atoms with Crippen molar-refractivity contribution >= 4 is 11.7 Å². The molecule has 1 atom stereocenters. The lowest BCUT2D eigenvalue weighted by Gasteiger charge is -2.48. The van der Waals surface area contributed by atoms with E-state index in [0.29, 0.717) is 18.9 Å². The van der Waals surface area contributed by atoms with Gasteiger partial charge in [-0.25, -0.2) is 9.97 Å². The van der Waals surface area contributed by atoms with Crippen molar-refractivity contribution < 1.29 is 9.53 Å². The van der Waals surface area contributed by atoms with Crippen molar-refractivity contribution in [3.05, 3.63) is 17.6 Å². The molecule has 0 bridgehead atoms. The van der Waals surface area contributed by atoms with Crippen LogP contribution >= 0.6 is 0 Å². The zero-order valence-electron chi connectivity index (χ0n) is 15.8. The molecular weight excluding hydrogens is 316 g/mol. The van der Waals surface area contributed by atoms with Crippen molar-refractivity contribution in [3.8, 4) is 0 Å². The highest BCUT2D eigenvalue weighted by atomic mass is 16.5. The van der Waals surface area contributed by atoms with Crippen LogP contribution in [0.3, 0.4) is 0 Å². The fourth-order valence-corrected chi connectivity index (χ4v) is 4.27. The number of aryl methyl sites for hydroxylation is 1. The molecule has 1 aromatic rings. The number of nitrogens with zero attached hydrogens (tertiary/aromatic N) is 4. The largest absolute Gasteiger partial charge is 0.385 e. The fourth-order valence-electron chi connectivity index (χ4n) is 4.27. The Morgan fingerprint density at radius 1 is 1.24 bits per heavy atom. The monoisotopic (exact) mass is 346 g/mol. The van der Waals surface area contributed by atoms with Gasteiger partial charge in [-0.2, -0.15) is 0 Å². The lowest BCUT2D eigenvalue weighted by Crippen LogP contribution is -2.54. The number of methoxy groups -OCH3 is 1. The van der Waals surface area contributed by atoms with Crippen LogP contribution in [0.1, 0.15) is 43.4 Å². The Morgan fingerprint density at radius 2 is 2.08 bits per heavy atom. The van der Waals surface area contributed by atoms with Crippen LogP contribution in [-0.4, -0.2) is 60.7 Å². The zero-order valence-corrected chi connectivity index (χ0v) is 15.8. The molecule has 3 rings (SSSR count). The summed E-state index contributed by atoms with van der Waals surface area (Å²) in [5.41, 5.74) is 2.41. The van der Waals surface area contributed by atoms with E-state index in [0.717, 1.165) is 57.0 Å². The molecule has 1 unspecified atom stereocenters. The molecule has 0 N–H and O–H groups in total. The number of carbonyl (C=O) groups excluding carboxylic acids is 1. The molecule has 2 aliphatic heterocycles. The summed E-state index contributed by atoms with van der Waals surface area (Å²) in [6, 6.07) is 0. The standard InChI is InChI=1S/C19H30N4O2/c1-15-16(2)20-14-21-18(15)23-9-4-7-19(13-23)8-6-17(24)22(12-19)10-5-11-25-3/h14H,4-13H2,1-3H3. The third-order valence-electron chi connectivity index (χ3n) is 5.80. The van der Waals surface area contributed by atoms with Crippen molar-refractivity contribution in [3.63, 3.8) is 0 Å². The first-order valence-electron chi connectivity index (χ1n) is 9.34. The first-order valence-corrected chi connectivity index (χ1v) is 9.34. The molecule has 1 amide bonds. The van der Waals surface area contributed by atoms with Crippen LogP contribution in [0.4, 0.5) is 5.82 Å². The van der Waals surface area contributed by atoms with E-state index in [-0.39, 0.29) is 5.41 Å². The van der Waals surface area contributed by atoms with E-state index < -0.39 is 0 Å². The minimum Gasteiger partial charge on any atom is -0.385 e. The maximum absolute atomic E-state index is 12.3. The molecule has 0 aromatic carbocycles. The van der Waals surface area contributed by atoms with Gasteiger partial charge < -0.3 is 14.5 Å². The summed E-state index contributed by atoms with van der Waals surface area (Å²) in [6.45, 7) is 8.55. The van der Waals surface area contributed by atoms with Gasteiger partial charge in [0.05, 0.1) is 0 Å². The van der Waals surface area contributed by atoms with Gasteiger partial charge in [0.25, 0.3) is 0 Å². The lowest BCUT2D eigenvalue weighted by atomic mass is 9.73.